The molecule has 6 nitrogen and oxygen atoms in total. The predicted octanol–water partition coefficient (Wildman–Crippen LogP) is 4.68. The number of amides is 1. The number of anilines is 1. The van der Waals surface area contributed by atoms with Crippen molar-refractivity contribution in [3.05, 3.63) is 53.2 Å². The van der Waals surface area contributed by atoms with Crippen LogP contribution in [0.2, 0.25) is 5.02 Å². The van der Waals surface area contributed by atoms with Crippen LogP contribution in [-0.4, -0.2) is 29.0 Å². The molecule has 29 heavy (non-hydrogen) atoms. The van der Waals surface area contributed by atoms with E-state index in [9.17, 15) is 4.79 Å². The number of nitrogens with one attached hydrogen (secondary N) is 1. The average Bonchev–Trinajstić information content (AvgIpc) is 3.44. The highest BCUT2D eigenvalue weighted by Gasteiger charge is 2.28. The number of fused-ring (bicyclic) bond motifs is 1. The quantitative estimate of drug-likeness (QED) is 0.552. The van der Waals surface area contributed by atoms with Crippen LogP contribution in [0.25, 0.3) is 10.9 Å². The molecule has 1 aliphatic rings. The maximum Gasteiger partial charge on any atom is 0.222 e. The van der Waals surface area contributed by atoms with E-state index in [0.29, 0.717) is 30.5 Å². The van der Waals surface area contributed by atoms with Gasteiger partial charge in [0.1, 0.15) is 17.4 Å². The third-order valence-corrected chi connectivity index (χ3v) is 5.28. The molecule has 1 aliphatic carbocycles. The van der Waals surface area contributed by atoms with Gasteiger partial charge in [0.05, 0.1) is 18.3 Å². The fourth-order valence-electron chi connectivity index (χ4n) is 3.39. The Labute approximate surface area is 175 Å². The van der Waals surface area contributed by atoms with Gasteiger partial charge in [-0.1, -0.05) is 18.5 Å². The number of carbonyl (C=O) groups excluding carboxylic acids is 1. The number of halogens is 1. The normalized spacial score (nSPS) is 13.6. The molecule has 0 radical (unpaired) electrons. The molecule has 1 aromatic carbocycles. The molecule has 1 N–H and O–H groups in total. The first-order valence-corrected chi connectivity index (χ1v) is 10.5. The molecule has 0 spiro atoms. The Balaban J connectivity index is 1.52. The lowest BCUT2D eigenvalue weighted by molar-refractivity contribution is -0.121. The number of benzene rings is 1. The van der Waals surface area contributed by atoms with Gasteiger partial charge in [0.25, 0.3) is 0 Å². The first-order chi connectivity index (χ1) is 14.1. The van der Waals surface area contributed by atoms with Gasteiger partial charge in [-0.3, -0.25) is 4.79 Å². The standard InChI is InChI=1S/C22H25ClN4O2/c1-2-10-27(11-9-20(28)24-14-17-4-3-12-29-17)22-18-8-7-16(23)13-19(18)25-21(26-22)15-5-6-15/h3-4,7-8,12-13,15H,2,5-6,9-11,14H2,1H3,(H,24,28). The van der Waals surface area contributed by atoms with Gasteiger partial charge in [0, 0.05) is 35.8 Å². The number of aromatic nitrogens is 2. The monoisotopic (exact) mass is 412 g/mol. The minimum absolute atomic E-state index is 0.00803. The minimum atomic E-state index is -0.00803. The van der Waals surface area contributed by atoms with Crippen molar-refractivity contribution in [1.82, 2.24) is 15.3 Å². The van der Waals surface area contributed by atoms with E-state index in [2.05, 4.69) is 17.1 Å². The molecule has 0 atom stereocenters. The van der Waals surface area contributed by atoms with Crippen LogP contribution in [0.15, 0.2) is 41.0 Å². The number of nitrogens with zero attached hydrogens (tertiary/aromatic N) is 3. The van der Waals surface area contributed by atoms with Gasteiger partial charge in [-0.15, -0.1) is 0 Å². The second-order valence-corrected chi connectivity index (χ2v) is 7.87. The molecule has 0 aliphatic heterocycles. The summed E-state index contributed by atoms with van der Waals surface area (Å²) in [5.41, 5.74) is 0.868. The first-order valence-electron chi connectivity index (χ1n) is 10.1. The van der Waals surface area contributed by atoms with Crippen LogP contribution in [0, 0.1) is 0 Å². The van der Waals surface area contributed by atoms with E-state index in [1.54, 1.807) is 6.26 Å². The Morgan fingerprint density at radius 2 is 2.14 bits per heavy atom. The molecular formula is C22H25ClN4O2. The summed E-state index contributed by atoms with van der Waals surface area (Å²) in [6.45, 7) is 3.95. The van der Waals surface area contributed by atoms with Gasteiger partial charge in [-0.05, 0) is 49.6 Å². The van der Waals surface area contributed by atoms with Gasteiger partial charge in [-0.2, -0.15) is 0 Å². The molecule has 1 fully saturated rings. The van der Waals surface area contributed by atoms with Gasteiger partial charge in [0.15, 0.2) is 0 Å². The van der Waals surface area contributed by atoms with Crippen LogP contribution in [0.1, 0.15) is 50.1 Å². The summed E-state index contributed by atoms with van der Waals surface area (Å²) < 4.78 is 5.26. The van der Waals surface area contributed by atoms with Crippen molar-refractivity contribution < 1.29 is 9.21 Å². The van der Waals surface area contributed by atoms with Crippen LogP contribution in [-0.2, 0) is 11.3 Å². The molecule has 7 heteroatoms. The van der Waals surface area contributed by atoms with Crippen molar-refractivity contribution in [3.8, 4) is 0 Å². The van der Waals surface area contributed by atoms with Crippen LogP contribution in [0.5, 0.6) is 0 Å². The van der Waals surface area contributed by atoms with Gasteiger partial charge in [-0.25, -0.2) is 9.97 Å². The summed E-state index contributed by atoms with van der Waals surface area (Å²) in [7, 11) is 0. The predicted molar refractivity (Wildman–Crippen MR) is 114 cm³/mol. The van der Waals surface area contributed by atoms with E-state index >= 15 is 0 Å². The van der Waals surface area contributed by atoms with E-state index in [4.69, 9.17) is 26.0 Å². The highest BCUT2D eigenvalue weighted by molar-refractivity contribution is 6.31. The Kier molecular flexibility index (Phi) is 6.00. The Morgan fingerprint density at radius 3 is 2.86 bits per heavy atom. The SMILES string of the molecule is CCCN(CCC(=O)NCc1ccco1)c1nc(C2CC2)nc2cc(Cl)ccc12. The summed E-state index contributed by atoms with van der Waals surface area (Å²) >= 11 is 6.20. The molecule has 0 bridgehead atoms. The third-order valence-electron chi connectivity index (χ3n) is 5.04. The van der Waals surface area contributed by atoms with Crippen LogP contribution >= 0.6 is 11.6 Å². The first kappa shape index (κ1) is 19.7. The Morgan fingerprint density at radius 1 is 1.28 bits per heavy atom. The fraction of sp³-hybridized carbons (Fsp3) is 0.409. The van der Waals surface area contributed by atoms with Gasteiger partial charge in [0.2, 0.25) is 5.91 Å². The number of carbonyl (C=O) groups is 1. The van der Waals surface area contributed by atoms with Crippen LogP contribution in [0.3, 0.4) is 0 Å². The van der Waals surface area contributed by atoms with Crippen molar-refractivity contribution in [2.24, 2.45) is 0 Å². The van der Waals surface area contributed by atoms with E-state index in [-0.39, 0.29) is 5.91 Å². The van der Waals surface area contributed by atoms with Crippen molar-refractivity contribution in [2.45, 2.75) is 45.1 Å². The van der Waals surface area contributed by atoms with E-state index in [0.717, 1.165) is 54.1 Å². The molecule has 1 amide bonds. The fourth-order valence-corrected chi connectivity index (χ4v) is 3.55. The van der Waals surface area contributed by atoms with Gasteiger partial charge < -0.3 is 14.6 Å². The smallest absolute Gasteiger partial charge is 0.222 e. The Bertz CT molecular complexity index is 986. The average molecular weight is 413 g/mol. The maximum absolute atomic E-state index is 12.3. The lowest BCUT2D eigenvalue weighted by Gasteiger charge is -2.25. The lowest BCUT2D eigenvalue weighted by Crippen LogP contribution is -2.32. The zero-order valence-corrected chi connectivity index (χ0v) is 17.3. The van der Waals surface area contributed by atoms with E-state index in [1.807, 2.05) is 30.3 Å². The van der Waals surface area contributed by atoms with Crippen LogP contribution < -0.4 is 10.2 Å². The number of hydrogen-bond donors (Lipinski definition) is 1. The van der Waals surface area contributed by atoms with Crippen molar-refractivity contribution in [1.29, 1.82) is 0 Å². The summed E-state index contributed by atoms with van der Waals surface area (Å²) in [4.78, 5) is 24.2. The maximum atomic E-state index is 12.3. The zero-order valence-electron chi connectivity index (χ0n) is 16.5. The topological polar surface area (TPSA) is 71.3 Å². The molecule has 1 saturated carbocycles. The molecule has 2 aromatic heterocycles. The lowest BCUT2D eigenvalue weighted by atomic mass is 10.2. The van der Waals surface area contributed by atoms with Crippen LogP contribution in [0.4, 0.5) is 5.82 Å². The number of rotatable bonds is 9. The largest absolute Gasteiger partial charge is 0.467 e. The molecule has 3 aromatic rings. The molecular weight excluding hydrogens is 388 g/mol. The third kappa shape index (κ3) is 4.88. The summed E-state index contributed by atoms with van der Waals surface area (Å²) in [6.07, 6.45) is 5.22. The summed E-state index contributed by atoms with van der Waals surface area (Å²) in [5, 5.41) is 4.55. The second kappa shape index (κ2) is 8.82. The number of furan rings is 1. The molecule has 0 unspecified atom stereocenters. The van der Waals surface area contributed by atoms with Crippen molar-refractivity contribution >= 4 is 34.2 Å². The van der Waals surface area contributed by atoms with Crippen molar-refractivity contribution in [2.75, 3.05) is 18.0 Å². The molecule has 0 saturated heterocycles. The Hall–Kier alpha value is -2.60. The van der Waals surface area contributed by atoms with Crippen molar-refractivity contribution in [3.63, 3.8) is 0 Å². The van der Waals surface area contributed by atoms with E-state index < -0.39 is 0 Å². The van der Waals surface area contributed by atoms with E-state index in [1.165, 1.54) is 0 Å². The second-order valence-electron chi connectivity index (χ2n) is 7.43. The number of hydrogen-bond acceptors (Lipinski definition) is 5. The zero-order chi connectivity index (χ0) is 20.2. The molecule has 2 heterocycles. The highest BCUT2D eigenvalue weighted by atomic mass is 35.5. The minimum Gasteiger partial charge on any atom is -0.467 e. The highest BCUT2D eigenvalue weighted by Crippen LogP contribution is 2.40. The summed E-state index contributed by atoms with van der Waals surface area (Å²) in [5.74, 6) is 2.97. The molecule has 152 valence electrons. The summed E-state index contributed by atoms with van der Waals surface area (Å²) in [6, 6.07) is 9.40. The van der Waals surface area contributed by atoms with Gasteiger partial charge >= 0.3 is 0 Å². The molecule has 4 rings (SSSR count).